The standard InChI is InChI=1S/C23H20F4N2O4S/c1-15(16-5-7-18(24)8-6-16)28-22(30)14-33-20-9-11-21(12-10-20)34(31,32)29-19-4-2-3-17(13-19)23(25,26)27/h2-13,15,29H,14H2,1H3,(H,28,30). The largest absolute Gasteiger partial charge is 0.484 e. The molecule has 0 saturated heterocycles. The number of carbonyl (C=O) groups excluding carboxylic acids is 1. The molecule has 0 radical (unpaired) electrons. The van der Waals surface area contributed by atoms with Crippen LogP contribution in [-0.2, 0) is 21.0 Å². The maximum atomic E-state index is 13.0. The number of hydrogen-bond donors (Lipinski definition) is 2. The predicted molar refractivity (Wildman–Crippen MR) is 117 cm³/mol. The molecule has 1 unspecified atom stereocenters. The third-order valence-electron chi connectivity index (χ3n) is 4.69. The van der Waals surface area contributed by atoms with Gasteiger partial charge in [0.15, 0.2) is 6.61 Å². The molecule has 2 N–H and O–H groups in total. The van der Waals surface area contributed by atoms with E-state index < -0.39 is 27.7 Å². The van der Waals surface area contributed by atoms with Gasteiger partial charge >= 0.3 is 6.18 Å². The number of halogens is 4. The minimum absolute atomic E-state index is 0.202. The van der Waals surface area contributed by atoms with Gasteiger partial charge in [0.25, 0.3) is 15.9 Å². The van der Waals surface area contributed by atoms with E-state index in [0.717, 1.165) is 12.1 Å². The zero-order valence-corrected chi connectivity index (χ0v) is 18.6. The van der Waals surface area contributed by atoms with Crippen molar-refractivity contribution < 1.29 is 35.5 Å². The molecule has 3 aromatic carbocycles. The van der Waals surface area contributed by atoms with Crippen molar-refractivity contribution in [3.8, 4) is 5.75 Å². The summed E-state index contributed by atoms with van der Waals surface area (Å²) in [6, 6.07) is 14.1. The number of anilines is 1. The predicted octanol–water partition coefficient (Wildman–Crippen LogP) is 4.90. The van der Waals surface area contributed by atoms with Crippen LogP contribution in [0.1, 0.15) is 24.1 Å². The van der Waals surface area contributed by atoms with E-state index in [1.54, 1.807) is 19.1 Å². The Morgan fingerprint density at radius 1 is 1.00 bits per heavy atom. The number of hydrogen-bond acceptors (Lipinski definition) is 4. The van der Waals surface area contributed by atoms with Crippen LogP contribution in [0.4, 0.5) is 23.2 Å². The van der Waals surface area contributed by atoms with Crippen molar-refractivity contribution in [2.24, 2.45) is 0 Å². The molecule has 1 amide bonds. The van der Waals surface area contributed by atoms with Gasteiger partial charge in [-0.25, -0.2) is 12.8 Å². The molecule has 3 aromatic rings. The Bertz CT molecular complexity index is 1250. The fraction of sp³-hybridized carbons (Fsp3) is 0.174. The van der Waals surface area contributed by atoms with Crippen LogP contribution in [0, 0.1) is 5.82 Å². The summed E-state index contributed by atoms with van der Waals surface area (Å²) in [6.45, 7) is 1.38. The number of benzene rings is 3. The molecule has 180 valence electrons. The zero-order valence-electron chi connectivity index (χ0n) is 17.8. The van der Waals surface area contributed by atoms with Crippen LogP contribution < -0.4 is 14.8 Å². The molecule has 1 atom stereocenters. The summed E-state index contributed by atoms with van der Waals surface area (Å²) in [4.78, 5) is 11.9. The molecular formula is C23H20F4N2O4S. The van der Waals surface area contributed by atoms with Crippen molar-refractivity contribution in [3.63, 3.8) is 0 Å². The molecule has 0 aliphatic heterocycles. The highest BCUT2D eigenvalue weighted by atomic mass is 32.2. The zero-order chi connectivity index (χ0) is 24.9. The Kier molecular flexibility index (Phi) is 7.45. The highest BCUT2D eigenvalue weighted by Gasteiger charge is 2.30. The summed E-state index contributed by atoms with van der Waals surface area (Å²) in [5, 5.41) is 2.69. The van der Waals surface area contributed by atoms with Crippen molar-refractivity contribution >= 4 is 21.6 Å². The average molecular weight is 496 g/mol. The summed E-state index contributed by atoms with van der Waals surface area (Å²) >= 11 is 0. The monoisotopic (exact) mass is 496 g/mol. The Morgan fingerprint density at radius 2 is 1.65 bits per heavy atom. The lowest BCUT2D eigenvalue weighted by Crippen LogP contribution is -2.31. The van der Waals surface area contributed by atoms with E-state index in [2.05, 4.69) is 10.0 Å². The fourth-order valence-corrected chi connectivity index (χ4v) is 4.00. The maximum absolute atomic E-state index is 13.0. The van der Waals surface area contributed by atoms with Gasteiger partial charge in [0.1, 0.15) is 11.6 Å². The molecule has 6 nitrogen and oxygen atoms in total. The Morgan fingerprint density at radius 3 is 2.26 bits per heavy atom. The van der Waals surface area contributed by atoms with Gasteiger partial charge in [-0.05, 0) is 67.1 Å². The van der Waals surface area contributed by atoms with E-state index in [1.165, 1.54) is 42.5 Å². The van der Waals surface area contributed by atoms with Crippen molar-refractivity contribution in [3.05, 3.63) is 89.7 Å². The number of alkyl halides is 3. The Labute approximate surface area is 193 Å². The van der Waals surface area contributed by atoms with Crippen LogP contribution in [0.3, 0.4) is 0 Å². The second kappa shape index (κ2) is 10.1. The summed E-state index contributed by atoms with van der Waals surface area (Å²) in [6.07, 6.45) is -4.61. The van der Waals surface area contributed by atoms with Crippen molar-refractivity contribution in [2.45, 2.75) is 24.0 Å². The molecule has 0 heterocycles. The lowest BCUT2D eigenvalue weighted by Gasteiger charge is -2.15. The summed E-state index contributed by atoms with van der Waals surface area (Å²) in [7, 11) is -4.15. The lowest BCUT2D eigenvalue weighted by molar-refractivity contribution is -0.137. The normalized spacial score (nSPS) is 12.6. The third-order valence-corrected chi connectivity index (χ3v) is 6.09. The van der Waals surface area contributed by atoms with Gasteiger partial charge in [-0.1, -0.05) is 18.2 Å². The molecule has 0 spiro atoms. The van der Waals surface area contributed by atoms with E-state index >= 15 is 0 Å². The molecule has 34 heavy (non-hydrogen) atoms. The van der Waals surface area contributed by atoms with Crippen molar-refractivity contribution in [2.75, 3.05) is 11.3 Å². The molecule has 0 saturated carbocycles. The van der Waals surface area contributed by atoms with Gasteiger partial charge in [0.05, 0.1) is 16.5 Å². The SMILES string of the molecule is CC(NC(=O)COc1ccc(S(=O)(=O)Nc2cccc(C(F)(F)F)c2)cc1)c1ccc(F)cc1. The molecule has 0 aliphatic rings. The van der Waals surface area contributed by atoms with Crippen LogP contribution in [0.5, 0.6) is 5.75 Å². The second-order valence-corrected chi connectivity index (χ2v) is 8.97. The number of rotatable bonds is 8. The molecule has 11 heteroatoms. The first kappa shape index (κ1) is 25.0. The van der Waals surface area contributed by atoms with Gasteiger partial charge < -0.3 is 10.1 Å². The minimum Gasteiger partial charge on any atom is -0.484 e. The smallest absolute Gasteiger partial charge is 0.416 e. The van der Waals surface area contributed by atoms with Gasteiger partial charge in [0, 0.05) is 5.69 Å². The van der Waals surface area contributed by atoms with Gasteiger partial charge in [-0.3, -0.25) is 9.52 Å². The first-order chi connectivity index (χ1) is 15.9. The topological polar surface area (TPSA) is 84.5 Å². The maximum Gasteiger partial charge on any atom is 0.416 e. The number of amides is 1. The van der Waals surface area contributed by atoms with Crippen LogP contribution in [0.25, 0.3) is 0 Å². The van der Waals surface area contributed by atoms with Crippen molar-refractivity contribution in [1.82, 2.24) is 5.32 Å². The highest BCUT2D eigenvalue weighted by molar-refractivity contribution is 7.92. The van der Waals surface area contributed by atoms with Crippen LogP contribution in [-0.4, -0.2) is 20.9 Å². The molecule has 3 rings (SSSR count). The van der Waals surface area contributed by atoms with E-state index in [4.69, 9.17) is 4.74 Å². The fourth-order valence-electron chi connectivity index (χ4n) is 2.95. The van der Waals surface area contributed by atoms with E-state index in [0.29, 0.717) is 11.6 Å². The van der Waals surface area contributed by atoms with Gasteiger partial charge in [-0.2, -0.15) is 13.2 Å². The lowest BCUT2D eigenvalue weighted by atomic mass is 10.1. The molecule has 0 fully saturated rings. The Hall–Kier alpha value is -3.60. The number of sulfonamides is 1. The van der Waals surface area contributed by atoms with E-state index in [1.807, 2.05) is 0 Å². The molecular weight excluding hydrogens is 476 g/mol. The van der Waals surface area contributed by atoms with Gasteiger partial charge in [0.2, 0.25) is 0 Å². The molecule has 0 bridgehead atoms. The molecule has 0 aromatic heterocycles. The van der Waals surface area contributed by atoms with Crippen LogP contribution in [0.2, 0.25) is 0 Å². The van der Waals surface area contributed by atoms with E-state index in [-0.39, 0.29) is 34.8 Å². The van der Waals surface area contributed by atoms with Crippen molar-refractivity contribution in [1.29, 1.82) is 0 Å². The number of ether oxygens (including phenoxy) is 1. The summed E-state index contributed by atoms with van der Waals surface area (Å²) in [5.74, 6) is -0.622. The minimum atomic E-state index is -4.61. The van der Waals surface area contributed by atoms with Crippen LogP contribution >= 0.6 is 0 Å². The highest BCUT2D eigenvalue weighted by Crippen LogP contribution is 2.31. The second-order valence-electron chi connectivity index (χ2n) is 7.28. The molecule has 0 aliphatic carbocycles. The Balaban J connectivity index is 1.58. The summed E-state index contributed by atoms with van der Waals surface area (Å²) in [5.41, 5.74) is -0.511. The first-order valence-corrected chi connectivity index (χ1v) is 11.4. The number of carbonyl (C=O) groups is 1. The quantitative estimate of drug-likeness (QED) is 0.435. The summed E-state index contributed by atoms with van der Waals surface area (Å²) < 4.78 is 84.0. The van der Waals surface area contributed by atoms with Gasteiger partial charge in [-0.15, -0.1) is 0 Å². The third kappa shape index (κ3) is 6.70. The first-order valence-electron chi connectivity index (χ1n) is 9.92. The average Bonchev–Trinajstić information content (AvgIpc) is 2.78. The van der Waals surface area contributed by atoms with Crippen LogP contribution in [0.15, 0.2) is 77.7 Å². The van der Waals surface area contributed by atoms with E-state index in [9.17, 15) is 30.8 Å². The number of nitrogens with one attached hydrogen (secondary N) is 2.